The molecule has 2 aromatic carbocycles. The number of β-lactam (4-membered cyclic amide) rings is 1. The number of nitrogens with zero attached hydrogens (tertiary/aromatic N) is 1. The fourth-order valence-electron chi connectivity index (χ4n) is 2.72. The normalized spacial score (nSPS) is 19.2. The molecule has 0 aromatic heterocycles. The third kappa shape index (κ3) is 3.54. The van der Waals surface area contributed by atoms with Crippen molar-refractivity contribution in [3.63, 3.8) is 0 Å². The van der Waals surface area contributed by atoms with Crippen molar-refractivity contribution in [2.45, 2.75) is 12.1 Å². The number of rotatable bonds is 6. The van der Waals surface area contributed by atoms with Crippen LogP contribution >= 0.6 is 0 Å². The average molecular weight is 353 g/mol. The summed E-state index contributed by atoms with van der Waals surface area (Å²) in [6.45, 7) is 0. The Hall–Kier alpha value is -3.28. The molecule has 1 heterocycles. The van der Waals surface area contributed by atoms with Gasteiger partial charge >= 0.3 is 5.97 Å². The summed E-state index contributed by atoms with van der Waals surface area (Å²) in [6, 6.07) is 15.8. The molecule has 0 bridgehead atoms. The number of carbonyl (C=O) groups is 2. The number of hydrogen-bond donors (Lipinski definition) is 0. The Balaban J connectivity index is 1.84. The quantitative estimate of drug-likeness (QED) is 0.454. The van der Waals surface area contributed by atoms with Gasteiger partial charge in [0.05, 0.1) is 14.2 Å². The predicted molar refractivity (Wildman–Crippen MR) is 96.3 cm³/mol. The highest BCUT2D eigenvalue weighted by Crippen LogP contribution is 2.33. The first-order valence-corrected chi connectivity index (χ1v) is 8.09. The number of anilines is 1. The van der Waals surface area contributed by atoms with Crippen LogP contribution in [0.5, 0.6) is 11.5 Å². The van der Waals surface area contributed by atoms with Crippen molar-refractivity contribution in [3.8, 4) is 11.5 Å². The number of ether oxygens (including phenoxy) is 3. The van der Waals surface area contributed by atoms with E-state index in [2.05, 4.69) is 4.74 Å². The van der Waals surface area contributed by atoms with Gasteiger partial charge in [-0.1, -0.05) is 24.3 Å². The fraction of sp³-hybridized carbons (Fsp3) is 0.200. The standard InChI is InChI=1S/C20H19NO5/c1-24-15-10-8-14(9-11-15)21-17(12-13-18(22)25-2)19(20(21)23)26-16-6-4-3-5-7-16/h3-13,17,19H,1-2H3/b13-12+/t17-,19-/m1/s1. The second kappa shape index (κ2) is 7.74. The lowest BCUT2D eigenvalue weighted by Gasteiger charge is -2.45. The average Bonchev–Trinajstić information content (AvgIpc) is 2.69. The molecule has 3 rings (SSSR count). The first-order valence-electron chi connectivity index (χ1n) is 8.09. The zero-order chi connectivity index (χ0) is 18.5. The largest absolute Gasteiger partial charge is 0.497 e. The highest BCUT2D eigenvalue weighted by Gasteiger charge is 2.48. The van der Waals surface area contributed by atoms with E-state index in [1.807, 2.05) is 18.2 Å². The lowest BCUT2D eigenvalue weighted by atomic mass is 9.95. The zero-order valence-corrected chi connectivity index (χ0v) is 14.5. The Bertz CT molecular complexity index is 801. The Labute approximate surface area is 151 Å². The number of para-hydroxylation sites is 1. The van der Waals surface area contributed by atoms with Gasteiger partial charge in [0, 0.05) is 11.8 Å². The maximum atomic E-state index is 12.7. The Morgan fingerprint density at radius 2 is 1.69 bits per heavy atom. The van der Waals surface area contributed by atoms with E-state index < -0.39 is 18.1 Å². The molecule has 0 unspecified atom stereocenters. The van der Waals surface area contributed by atoms with Crippen LogP contribution in [-0.4, -0.2) is 38.2 Å². The van der Waals surface area contributed by atoms with Gasteiger partial charge in [0.15, 0.2) is 0 Å². The monoisotopic (exact) mass is 353 g/mol. The highest BCUT2D eigenvalue weighted by atomic mass is 16.5. The predicted octanol–water partition coefficient (Wildman–Crippen LogP) is 2.59. The minimum atomic E-state index is -0.708. The van der Waals surface area contributed by atoms with Crippen LogP contribution < -0.4 is 14.4 Å². The molecular weight excluding hydrogens is 334 g/mol. The molecule has 1 fully saturated rings. The lowest BCUT2D eigenvalue weighted by Crippen LogP contribution is -2.66. The van der Waals surface area contributed by atoms with Crippen molar-refractivity contribution in [1.82, 2.24) is 0 Å². The zero-order valence-electron chi connectivity index (χ0n) is 14.5. The van der Waals surface area contributed by atoms with E-state index in [9.17, 15) is 9.59 Å². The molecule has 1 aliphatic heterocycles. The number of esters is 1. The van der Waals surface area contributed by atoms with Crippen LogP contribution in [0.4, 0.5) is 5.69 Å². The summed E-state index contributed by atoms with van der Waals surface area (Å²) in [5.41, 5.74) is 0.697. The summed E-state index contributed by atoms with van der Waals surface area (Å²) in [5.74, 6) is 0.619. The molecule has 0 radical (unpaired) electrons. The van der Waals surface area contributed by atoms with Crippen LogP contribution in [0.1, 0.15) is 0 Å². The van der Waals surface area contributed by atoms with Gasteiger partial charge in [0.2, 0.25) is 6.10 Å². The van der Waals surface area contributed by atoms with Crippen LogP contribution in [-0.2, 0) is 14.3 Å². The number of amides is 1. The summed E-state index contributed by atoms with van der Waals surface area (Å²) >= 11 is 0. The summed E-state index contributed by atoms with van der Waals surface area (Å²) in [6.07, 6.45) is 2.21. The topological polar surface area (TPSA) is 65.1 Å². The van der Waals surface area contributed by atoms with Crippen molar-refractivity contribution in [2.75, 3.05) is 19.1 Å². The molecule has 134 valence electrons. The van der Waals surface area contributed by atoms with Crippen LogP contribution in [0.3, 0.4) is 0 Å². The molecular formula is C20H19NO5. The third-order valence-electron chi connectivity index (χ3n) is 4.08. The van der Waals surface area contributed by atoms with Crippen LogP contribution in [0.25, 0.3) is 0 Å². The van der Waals surface area contributed by atoms with Gasteiger partial charge in [0.25, 0.3) is 5.91 Å². The SMILES string of the molecule is COC(=O)/C=C/[C@@H]1[C@@H](Oc2ccccc2)C(=O)N1c1ccc(OC)cc1. The summed E-state index contributed by atoms with van der Waals surface area (Å²) in [4.78, 5) is 25.7. The van der Waals surface area contributed by atoms with Crippen molar-refractivity contribution in [1.29, 1.82) is 0 Å². The second-order valence-corrected chi connectivity index (χ2v) is 5.63. The lowest BCUT2D eigenvalue weighted by molar-refractivity contribution is -0.135. The van der Waals surface area contributed by atoms with Gasteiger partial charge in [-0.25, -0.2) is 4.79 Å². The van der Waals surface area contributed by atoms with E-state index >= 15 is 0 Å². The Kier molecular flexibility index (Phi) is 5.22. The summed E-state index contributed by atoms with van der Waals surface area (Å²) in [7, 11) is 2.88. The van der Waals surface area contributed by atoms with E-state index in [0.29, 0.717) is 17.2 Å². The van der Waals surface area contributed by atoms with E-state index in [1.165, 1.54) is 13.2 Å². The van der Waals surface area contributed by atoms with E-state index in [4.69, 9.17) is 9.47 Å². The second-order valence-electron chi connectivity index (χ2n) is 5.63. The molecule has 0 spiro atoms. The molecule has 6 nitrogen and oxygen atoms in total. The van der Waals surface area contributed by atoms with Gasteiger partial charge < -0.3 is 14.2 Å². The Morgan fingerprint density at radius 1 is 1.00 bits per heavy atom. The highest BCUT2D eigenvalue weighted by molar-refractivity contribution is 6.06. The molecule has 2 atom stereocenters. The van der Waals surface area contributed by atoms with Crippen molar-refractivity contribution < 1.29 is 23.8 Å². The fourth-order valence-corrected chi connectivity index (χ4v) is 2.72. The Morgan fingerprint density at radius 3 is 2.31 bits per heavy atom. The minimum Gasteiger partial charge on any atom is -0.497 e. The molecule has 1 amide bonds. The summed E-state index contributed by atoms with van der Waals surface area (Å²) < 4.78 is 15.6. The van der Waals surface area contributed by atoms with E-state index in [-0.39, 0.29) is 5.91 Å². The molecule has 2 aromatic rings. The minimum absolute atomic E-state index is 0.182. The smallest absolute Gasteiger partial charge is 0.330 e. The maximum absolute atomic E-state index is 12.7. The van der Waals surface area contributed by atoms with Gasteiger partial charge in [-0.3, -0.25) is 9.69 Å². The number of methoxy groups -OCH3 is 2. The van der Waals surface area contributed by atoms with Gasteiger partial charge in [-0.15, -0.1) is 0 Å². The third-order valence-corrected chi connectivity index (χ3v) is 4.08. The first kappa shape index (κ1) is 17.5. The van der Waals surface area contributed by atoms with Crippen molar-refractivity contribution in [3.05, 3.63) is 66.7 Å². The van der Waals surface area contributed by atoms with E-state index in [1.54, 1.807) is 54.5 Å². The first-order chi connectivity index (χ1) is 12.6. The number of benzene rings is 2. The molecule has 1 aliphatic rings. The molecule has 0 saturated carbocycles. The molecule has 6 heteroatoms. The van der Waals surface area contributed by atoms with Gasteiger partial charge in [0.1, 0.15) is 17.5 Å². The number of hydrogen-bond acceptors (Lipinski definition) is 5. The number of carbonyl (C=O) groups excluding carboxylic acids is 2. The molecule has 0 N–H and O–H groups in total. The molecule has 0 aliphatic carbocycles. The molecule has 1 saturated heterocycles. The van der Waals surface area contributed by atoms with Crippen LogP contribution in [0.2, 0.25) is 0 Å². The van der Waals surface area contributed by atoms with Crippen molar-refractivity contribution >= 4 is 17.6 Å². The van der Waals surface area contributed by atoms with Crippen LogP contribution in [0.15, 0.2) is 66.7 Å². The van der Waals surface area contributed by atoms with Crippen molar-refractivity contribution in [2.24, 2.45) is 0 Å². The molecule has 26 heavy (non-hydrogen) atoms. The maximum Gasteiger partial charge on any atom is 0.330 e. The van der Waals surface area contributed by atoms with E-state index in [0.717, 1.165) is 0 Å². The summed E-state index contributed by atoms with van der Waals surface area (Å²) in [5, 5.41) is 0. The van der Waals surface area contributed by atoms with Gasteiger partial charge in [-0.2, -0.15) is 0 Å². The van der Waals surface area contributed by atoms with Gasteiger partial charge in [-0.05, 0) is 36.4 Å². The van der Waals surface area contributed by atoms with Crippen LogP contribution in [0, 0.1) is 0 Å².